The average Bonchev–Trinajstić information content (AvgIpc) is 3.23. The predicted octanol–water partition coefficient (Wildman–Crippen LogP) is 7.39. The summed E-state index contributed by atoms with van der Waals surface area (Å²) in [6, 6.07) is 18.9. The van der Waals surface area contributed by atoms with Crippen molar-refractivity contribution in [2.75, 3.05) is 5.32 Å². The third-order valence-corrected chi connectivity index (χ3v) is 6.57. The molecule has 0 spiro atoms. The first-order valence-corrected chi connectivity index (χ1v) is 12.3. The Hall–Kier alpha value is -2.49. The molecule has 1 heterocycles. The van der Waals surface area contributed by atoms with Gasteiger partial charge < -0.3 is 9.73 Å². The lowest BCUT2D eigenvalue weighted by atomic mass is 9.98. The standard InChI is InChI=1S/C25H21ClIN3O2S/c1-3-14(2)15-7-10-22-21(12-15)29-24(32-22)16-5-4-6-18(11-16)28-25(33)30-23(31)19-13-17(27)8-9-20(19)26/h4-14H,3H2,1-2H3,(H2,28,30,31,33)/t14-/m0/s1. The molecule has 0 aliphatic rings. The highest BCUT2D eigenvalue weighted by Gasteiger charge is 2.14. The minimum Gasteiger partial charge on any atom is -0.436 e. The number of carbonyl (C=O) groups is 1. The van der Waals surface area contributed by atoms with Gasteiger partial charge in [0.15, 0.2) is 10.7 Å². The number of hydrogen-bond donors (Lipinski definition) is 2. The molecule has 3 aromatic carbocycles. The molecule has 5 nitrogen and oxygen atoms in total. The van der Waals surface area contributed by atoms with Crippen molar-refractivity contribution < 1.29 is 9.21 Å². The number of aromatic nitrogens is 1. The zero-order chi connectivity index (χ0) is 23.5. The maximum Gasteiger partial charge on any atom is 0.258 e. The second-order valence-corrected chi connectivity index (χ2v) is 9.73. The van der Waals surface area contributed by atoms with E-state index >= 15 is 0 Å². The number of nitrogens with one attached hydrogen (secondary N) is 2. The minimum atomic E-state index is -0.372. The number of carbonyl (C=O) groups excluding carboxylic acids is 1. The van der Waals surface area contributed by atoms with Gasteiger partial charge in [-0.15, -0.1) is 0 Å². The molecule has 1 amide bonds. The Morgan fingerprint density at radius 2 is 2.00 bits per heavy atom. The van der Waals surface area contributed by atoms with E-state index < -0.39 is 0 Å². The quantitative estimate of drug-likeness (QED) is 0.188. The van der Waals surface area contributed by atoms with Gasteiger partial charge in [-0.2, -0.15) is 0 Å². The molecule has 0 aliphatic heterocycles. The van der Waals surface area contributed by atoms with E-state index in [2.05, 4.69) is 64.2 Å². The zero-order valence-corrected chi connectivity index (χ0v) is 21.7. The molecule has 1 aromatic heterocycles. The number of fused-ring (bicyclic) bond motifs is 1. The Bertz CT molecular complexity index is 1350. The number of amides is 1. The van der Waals surface area contributed by atoms with Gasteiger partial charge in [-0.3, -0.25) is 10.1 Å². The molecule has 0 saturated heterocycles. The zero-order valence-electron chi connectivity index (χ0n) is 18.0. The van der Waals surface area contributed by atoms with Crippen LogP contribution in [-0.2, 0) is 0 Å². The molecule has 0 bridgehead atoms. The van der Waals surface area contributed by atoms with Crippen LogP contribution in [0.4, 0.5) is 5.69 Å². The highest BCUT2D eigenvalue weighted by Crippen LogP contribution is 2.29. The second kappa shape index (κ2) is 10.2. The van der Waals surface area contributed by atoms with E-state index in [0.29, 0.717) is 28.1 Å². The summed E-state index contributed by atoms with van der Waals surface area (Å²) in [4.78, 5) is 17.2. The fourth-order valence-corrected chi connectivity index (χ4v) is 4.25. The van der Waals surface area contributed by atoms with Gasteiger partial charge >= 0.3 is 0 Å². The largest absolute Gasteiger partial charge is 0.436 e. The molecule has 2 N–H and O–H groups in total. The van der Waals surface area contributed by atoms with Gasteiger partial charge in [0.25, 0.3) is 5.91 Å². The highest BCUT2D eigenvalue weighted by atomic mass is 127. The van der Waals surface area contributed by atoms with Crippen LogP contribution in [-0.4, -0.2) is 16.0 Å². The van der Waals surface area contributed by atoms with Crippen LogP contribution >= 0.6 is 46.4 Å². The molecule has 0 unspecified atom stereocenters. The number of oxazole rings is 1. The number of benzene rings is 3. The predicted molar refractivity (Wildman–Crippen MR) is 146 cm³/mol. The molecule has 4 aromatic rings. The van der Waals surface area contributed by atoms with Crippen molar-refractivity contribution in [3.63, 3.8) is 0 Å². The van der Waals surface area contributed by atoms with Crippen LogP contribution in [0.1, 0.15) is 42.1 Å². The third kappa shape index (κ3) is 5.54. The normalized spacial score (nSPS) is 11.9. The summed E-state index contributed by atoms with van der Waals surface area (Å²) >= 11 is 13.6. The topological polar surface area (TPSA) is 67.2 Å². The summed E-state index contributed by atoms with van der Waals surface area (Å²) in [5, 5.41) is 6.24. The van der Waals surface area contributed by atoms with E-state index in [0.717, 1.165) is 26.7 Å². The molecule has 0 saturated carbocycles. The van der Waals surface area contributed by atoms with Crippen molar-refractivity contribution in [2.45, 2.75) is 26.2 Å². The maximum absolute atomic E-state index is 12.6. The van der Waals surface area contributed by atoms with E-state index in [1.807, 2.05) is 36.4 Å². The van der Waals surface area contributed by atoms with Crippen LogP contribution in [0.5, 0.6) is 0 Å². The van der Waals surface area contributed by atoms with Gasteiger partial charge in [0.05, 0.1) is 10.6 Å². The maximum atomic E-state index is 12.6. The van der Waals surface area contributed by atoms with Crippen molar-refractivity contribution in [3.8, 4) is 11.5 Å². The fraction of sp³-hybridized carbons (Fsp3) is 0.160. The number of halogens is 2. The van der Waals surface area contributed by atoms with Crippen molar-refractivity contribution in [1.82, 2.24) is 10.3 Å². The number of rotatable bonds is 5. The van der Waals surface area contributed by atoms with Crippen molar-refractivity contribution in [2.24, 2.45) is 0 Å². The molecule has 168 valence electrons. The van der Waals surface area contributed by atoms with Gasteiger partial charge in [-0.05, 0) is 101 Å². The first-order chi connectivity index (χ1) is 15.8. The van der Waals surface area contributed by atoms with Crippen LogP contribution < -0.4 is 10.6 Å². The Kier molecular flexibility index (Phi) is 7.31. The molecule has 0 fully saturated rings. The second-order valence-electron chi connectivity index (χ2n) is 7.67. The van der Waals surface area contributed by atoms with Crippen molar-refractivity contribution >= 4 is 74.2 Å². The summed E-state index contributed by atoms with van der Waals surface area (Å²) in [6.07, 6.45) is 1.07. The summed E-state index contributed by atoms with van der Waals surface area (Å²) in [5.74, 6) is 0.617. The summed E-state index contributed by atoms with van der Waals surface area (Å²) in [7, 11) is 0. The smallest absolute Gasteiger partial charge is 0.258 e. The molecule has 33 heavy (non-hydrogen) atoms. The van der Waals surface area contributed by atoms with Crippen LogP contribution in [0.15, 0.2) is 65.1 Å². The fourth-order valence-electron chi connectivity index (χ4n) is 3.34. The number of thiocarbonyl (C=S) groups is 1. The lowest BCUT2D eigenvalue weighted by Gasteiger charge is -2.11. The first kappa shape index (κ1) is 23.7. The lowest BCUT2D eigenvalue weighted by molar-refractivity contribution is 0.0978. The van der Waals surface area contributed by atoms with E-state index in [1.165, 1.54) is 5.56 Å². The van der Waals surface area contributed by atoms with Gasteiger partial charge in [0, 0.05) is 14.8 Å². The van der Waals surface area contributed by atoms with Crippen molar-refractivity contribution in [3.05, 3.63) is 80.4 Å². The Morgan fingerprint density at radius 3 is 2.79 bits per heavy atom. The molecule has 1 atom stereocenters. The molecular weight excluding hydrogens is 569 g/mol. The Balaban J connectivity index is 1.50. The third-order valence-electron chi connectivity index (χ3n) is 5.36. The van der Waals surface area contributed by atoms with Gasteiger partial charge in [-0.1, -0.05) is 37.6 Å². The summed E-state index contributed by atoms with van der Waals surface area (Å²) in [6.45, 7) is 4.37. The van der Waals surface area contributed by atoms with Gasteiger partial charge in [-0.25, -0.2) is 4.98 Å². The average molecular weight is 590 g/mol. The lowest BCUT2D eigenvalue weighted by Crippen LogP contribution is -2.34. The molecular formula is C25H21ClIN3O2S. The van der Waals surface area contributed by atoms with E-state index in [4.69, 9.17) is 28.2 Å². The number of hydrogen-bond acceptors (Lipinski definition) is 4. The minimum absolute atomic E-state index is 0.169. The molecule has 0 aliphatic carbocycles. The Labute approximate surface area is 216 Å². The van der Waals surface area contributed by atoms with Gasteiger partial charge in [0.1, 0.15) is 5.52 Å². The van der Waals surface area contributed by atoms with Crippen molar-refractivity contribution in [1.29, 1.82) is 0 Å². The highest BCUT2D eigenvalue weighted by molar-refractivity contribution is 14.1. The van der Waals surface area contributed by atoms with E-state index in [1.54, 1.807) is 12.1 Å². The molecule has 0 radical (unpaired) electrons. The van der Waals surface area contributed by atoms with Crippen LogP contribution in [0.2, 0.25) is 5.02 Å². The molecule has 8 heteroatoms. The number of nitrogens with zero attached hydrogens (tertiary/aromatic N) is 1. The van der Waals surface area contributed by atoms with Crippen LogP contribution in [0.25, 0.3) is 22.6 Å². The first-order valence-electron chi connectivity index (χ1n) is 10.4. The number of anilines is 1. The SMILES string of the molecule is CC[C@H](C)c1ccc2oc(-c3cccc(NC(=S)NC(=O)c4cc(I)ccc4Cl)c3)nc2c1. The van der Waals surface area contributed by atoms with Crippen LogP contribution in [0, 0.1) is 3.57 Å². The van der Waals surface area contributed by atoms with Crippen LogP contribution in [0.3, 0.4) is 0 Å². The Morgan fingerprint density at radius 1 is 1.18 bits per heavy atom. The van der Waals surface area contributed by atoms with E-state index in [-0.39, 0.29) is 11.0 Å². The van der Waals surface area contributed by atoms with E-state index in [9.17, 15) is 4.79 Å². The summed E-state index contributed by atoms with van der Waals surface area (Å²) < 4.78 is 6.88. The van der Waals surface area contributed by atoms with Gasteiger partial charge in [0.2, 0.25) is 5.89 Å². The molecule has 4 rings (SSSR count). The monoisotopic (exact) mass is 589 g/mol. The summed E-state index contributed by atoms with van der Waals surface area (Å²) in [5.41, 5.74) is 4.69.